The number of carbonyl (C=O) groups is 1. The molecule has 0 unspecified atom stereocenters. The Bertz CT molecular complexity index is 1310. The number of rotatable bonds is 13. The lowest BCUT2D eigenvalue weighted by molar-refractivity contribution is -0.138. The predicted molar refractivity (Wildman–Crippen MR) is 189 cm³/mol. The van der Waals surface area contributed by atoms with Gasteiger partial charge in [-0.2, -0.15) is 0 Å². The van der Waals surface area contributed by atoms with Crippen LogP contribution in [0.5, 0.6) is 0 Å². The number of amides is 1. The average molecular weight is 650 g/mol. The lowest BCUT2D eigenvalue weighted by Gasteiger charge is -2.43. The van der Waals surface area contributed by atoms with Gasteiger partial charge in [0.05, 0.1) is 24.2 Å². The number of thiocarbonyl (C=S) groups is 1. The SMILES string of the molecule is CO[C@H](CCO[Si](c1ccccc1)(c1ccccc1)C(C)(C)C)[C@@H](C)[C@@H](O)[C@H](C)C(=O)N1C(=S)SC[C@H]1Cc1ccccc1. The summed E-state index contributed by atoms with van der Waals surface area (Å²) in [6.45, 7) is 11.0. The predicted octanol–water partition coefficient (Wildman–Crippen LogP) is 6.07. The second kappa shape index (κ2) is 15.3. The second-order valence-electron chi connectivity index (χ2n) is 12.8. The van der Waals surface area contributed by atoms with Crippen molar-refractivity contribution in [1.82, 2.24) is 4.90 Å². The van der Waals surface area contributed by atoms with Crippen molar-refractivity contribution in [3.05, 3.63) is 96.6 Å². The molecule has 1 fully saturated rings. The Labute approximate surface area is 274 Å². The highest BCUT2D eigenvalue weighted by atomic mass is 32.2. The molecule has 3 aromatic carbocycles. The topological polar surface area (TPSA) is 59.0 Å². The van der Waals surface area contributed by atoms with Crippen molar-refractivity contribution < 1.29 is 19.1 Å². The number of thioether (sulfide) groups is 1. The molecule has 0 saturated carbocycles. The molecular formula is C36H47NO4S2Si. The number of carbonyl (C=O) groups excluding carboxylic acids is 1. The molecule has 0 aliphatic carbocycles. The molecule has 1 aliphatic rings. The van der Waals surface area contributed by atoms with E-state index in [4.69, 9.17) is 21.4 Å². The third-order valence-corrected chi connectivity index (χ3v) is 15.6. The molecule has 1 heterocycles. The van der Waals surface area contributed by atoms with Crippen LogP contribution in [0.25, 0.3) is 0 Å². The highest BCUT2D eigenvalue weighted by molar-refractivity contribution is 8.23. The van der Waals surface area contributed by atoms with E-state index >= 15 is 0 Å². The van der Waals surface area contributed by atoms with Gasteiger partial charge < -0.3 is 14.3 Å². The third-order valence-electron chi connectivity index (χ3n) is 8.98. The molecule has 0 aromatic heterocycles. The van der Waals surface area contributed by atoms with Gasteiger partial charge in [-0.15, -0.1) is 0 Å². The zero-order valence-corrected chi connectivity index (χ0v) is 29.4. The Morgan fingerprint density at radius 2 is 1.50 bits per heavy atom. The fraction of sp³-hybridized carbons (Fsp3) is 0.444. The van der Waals surface area contributed by atoms with E-state index in [1.54, 1.807) is 18.9 Å². The maximum atomic E-state index is 13.8. The van der Waals surface area contributed by atoms with Gasteiger partial charge in [-0.3, -0.25) is 9.69 Å². The van der Waals surface area contributed by atoms with Crippen molar-refractivity contribution in [1.29, 1.82) is 0 Å². The van der Waals surface area contributed by atoms with Gasteiger partial charge in [0.15, 0.2) is 0 Å². The van der Waals surface area contributed by atoms with E-state index in [0.717, 1.165) is 12.2 Å². The lowest BCUT2D eigenvalue weighted by Crippen LogP contribution is -2.66. The molecular weight excluding hydrogens is 603 g/mol. The van der Waals surface area contributed by atoms with Crippen LogP contribution >= 0.6 is 24.0 Å². The molecule has 0 bridgehead atoms. The van der Waals surface area contributed by atoms with E-state index in [-0.39, 0.29) is 29.0 Å². The Hall–Kier alpha value is -2.33. The Kier molecular flexibility index (Phi) is 12.0. The number of hydrogen-bond acceptors (Lipinski definition) is 6. The normalized spacial score (nSPS) is 18.6. The summed E-state index contributed by atoms with van der Waals surface area (Å²) in [5.41, 5.74) is 1.17. The highest BCUT2D eigenvalue weighted by Gasteiger charge is 2.50. The van der Waals surface area contributed by atoms with Crippen molar-refractivity contribution in [2.45, 2.75) is 70.7 Å². The summed E-state index contributed by atoms with van der Waals surface area (Å²) in [4.78, 5) is 15.5. The van der Waals surface area contributed by atoms with Crippen LogP contribution < -0.4 is 10.4 Å². The largest absolute Gasteiger partial charge is 0.407 e. The van der Waals surface area contributed by atoms with Crippen LogP contribution in [0.3, 0.4) is 0 Å². The fourth-order valence-corrected chi connectivity index (χ4v) is 12.5. The fourth-order valence-electron chi connectivity index (χ4n) is 6.49. The van der Waals surface area contributed by atoms with Crippen LogP contribution in [0.2, 0.25) is 5.04 Å². The van der Waals surface area contributed by atoms with Gasteiger partial charge in [-0.05, 0) is 33.8 Å². The Morgan fingerprint density at radius 3 is 2.00 bits per heavy atom. The maximum Gasteiger partial charge on any atom is 0.261 e. The first-order valence-corrected chi connectivity index (χ1v) is 18.8. The Morgan fingerprint density at radius 1 is 0.977 bits per heavy atom. The third kappa shape index (κ3) is 7.54. The van der Waals surface area contributed by atoms with E-state index in [9.17, 15) is 9.90 Å². The molecule has 5 atom stereocenters. The summed E-state index contributed by atoms with van der Waals surface area (Å²) < 4.78 is 13.6. The van der Waals surface area contributed by atoms with Crippen LogP contribution in [0, 0.1) is 11.8 Å². The minimum atomic E-state index is -2.69. The number of nitrogens with zero attached hydrogens (tertiary/aromatic N) is 1. The molecule has 4 rings (SSSR count). The van der Waals surface area contributed by atoms with Gasteiger partial charge in [-0.25, -0.2) is 0 Å². The van der Waals surface area contributed by atoms with Crippen LogP contribution in [-0.4, -0.2) is 66.3 Å². The monoisotopic (exact) mass is 649 g/mol. The summed E-state index contributed by atoms with van der Waals surface area (Å²) in [5.74, 6) is -0.287. The number of methoxy groups -OCH3 is 1. The van der Waals surface area contributed by atoms with Crippen molar-refractivity contribution in [3.8, 4) is 0 Å². The summed E-state index contributed by atoms with van der Waals surface area (Å²) in [6.07, 6.45) is 0.136. The van der Waals surface area contributed by atoms with Crippen LogP contribution in [0.4, 0.5) is 0 Å². The zero-order chi connectivity index (χ0) is 31.9. The van der Waals surface area contributed by atoms with E-state index in [1.807, 2.05) is 37.3 Å². The molecule has 5 nitrogen and oxygen atoms in total. The van der Waals surface area contributed by atoms with E-state index in [0.29, 0.717) is 17.3 Å². The van der Waals surface area contributed by atoms with Gasteiger partial charge in [0.2, 0.25) is 5.91 Å². The molecule has 1 N–H and O–H groups in total. The first-order valence-electron chi connectivity index (χ1n) is 15.5. The maximum absolute atomic E-state index is 13.8. The molecule has 1 aliphatic heterocycles. The smallest absolute Gasteiger partial charge is 0.261 e. The quantitative estimate of drug-likeness (QED) is 0.179. The summed E-state index contributed by atoms with van der Waals surface area (Å²) in [5, 5.41) is 13.8. The molecule has 3 aromatic rings. The van der Waals surface area contributed by atoms with Crippen molar-refractivity contribution >= 4 is 52.9 Å². The molecule has 0 spiro atoms. The van der Waals surface area contributed by atoms with E-state index in [2.05, 4.69) is 81.4 Å². The van der Waals surface area contributed by atoms with Gasteiger partial charge in [0, 0.05) is 25.4 Å². The minimum absolute atomic E-state index is 0.0227. The van der Waals surface area contributed by atoms with Gasteiger partial charge in [0.25, 0.3) is 8.32 Å². The summed E-state index contributed by atoms with van der Waals surface area (Å²) >= 11 is 7.15. The molecule has 1 saturated heterocycles. The van der Waals surface area contributed by atoms with Crippen molar-refractivity contribution in [3.63, 3.8) is 0 Å². The van der Waals surface area contributed by atoms with Crippen LogP contribution in [0.1, 0.15) is 46.6 Å². The standard InChI is InChI=1S/C36H47NO4S2Si/c1-26(33(38)27(2)34(39)37-29(25-43-35(37)42)24-28-16-10-7-11-17-28)32(40-6)22-23-41-44(36(3,4)5,30-18-12-8-13-19-30)31-20-14-9-15-21-31/h7-21,26-27,29,32-33,38H,22-25H2,1-6H3/t26-,27+,29-,32-,33-/m1/s1. The number of benzene rings is 3. The number of ether oxygens (including phenoxy) is 1. The van der Waals surface area contributed by atoms with Crippen LogP contribution in [0.15, 0.2) is 91.0 Å². The lowest BCUT2D eigenvalue weighted by atomic mass is 9.87. The highest BCUT2D eigenvalue weighted by Crippen LogP contribution is 2.37. The van der Waals surface area contributed by atoms with Gasteiger partial charge in [-0.1, -0.05) is 150 Å². The number of aliphatic hydroxyl groups excluding tert-OH is 1. The summed E-state index contributed by atoms with van der Waals surface area (Å²) in [6, 6.07) is 31.3. The molecule has 236 valence electrons. The van der Waals surface area contributed by atoms with Crippen molar-refractivity contribution in [2.75, 3.05) is 19.5 Å². The van der Waals surface area contributed by atoms with E-state index < -0.39 is 20.3 Å². The molecule has 1 amide bonds. The second-order valence-corrected chi connectivity index (χ2v) is 18.8. The molecule has 8 heteroatoms. The number of aliphatic hydroxyl groups is 1. The minimum Gasteiger partial charge on any atom is -0.407 e. The Balaban J connectivity index is 1.47. The molecule has 44 heavy (non-hydrogen) atoms. The van der Waals surface area contributed by atoms with Gasteiger partial charge in [0.1, 0.15) is 4.32 Å². The van der Waals surface area contributed by atoms with Crippen molar-refractivity contribution in [2.24, 2.45) is 11.8 Å². The van der Waals surface area contributed by atoms with Crippen LogP contribution in [-0.2, 0) is 20.4 Å². The zero-order valence-electron chi connectivity index (χ0n) is 26.8. The first-order chi connectivity index (χ1) is 21.0. The molecule has 0 radical (unpaired) electrons. The summed E-state index contributed by atoms with van der Waals surface area (Å²) in [7, 11) is -1.02. The average Bonchev–Trinajstić information content (AvgIpc) is 3.39. The van der Waals surface area contributed by atoms with Gasteiger partial charge >= 0.3 is 0 Å². The first kappa shape index (κ1) is 34.5. The number of hydrogen-bond donors (Lipinski definition) is 1. The van der Waals surface area contributed by atoms with E-state index in [1.165, 1.54) is 27.7 Å².